The van der Waals surface area contributed by atoms with Gasteiger partial charge in [0.1, 0.15) is 5.76 Å². The molecular weight excluding hydrogens is 336 g/mol. The summed E-state index contributed by atoms with van der Waals surface area (Å²) in [6.07, 6.45) is 0.975. The lowest BCUT2D eigenvalue weighted by molar-refractivity contribution is 0.147. The van der Waals surface area contributed by atoms with Gasteiger partial charge in [-0.05, 0) is 40.2 Å². The van der Waals surface area contributed by atoms with Crippen LogP contribution in [-0.4, -0.2) is 34.5 Å². The molecule has 134 valence electrons. The van der Waals surface area contributed by atoms with Gasteiger partial charge in [0, 0.05) is 48.2 Å². The van der Waals surface area contributed by atoms with Crippen molar-refractivity contribution in [3.05, 3.63) is 34.7 Å². The van der Waals surface area contributed by atoms with Gasteiger partial charge >= 0.3 is 0 Å². The van der Waals surface area contributed by atoms with Crippen LogP contribution in [0.4, 0.5) is 5.13 Å². The molecule has 0 aliphatic rings. The van der Waals surface area contributed by atoms with Crippen LogP contribution < -0.4 is 5.32 Å². The van der Waals surface area contributed by atoms with Crippen molar-refractivity contribution in [2.75, 3.05) is 25.1 Å². The maximum atomic E-state index is 5.35. The fourth-order valence-corrected chi connectivity index (χ4v) is 3.57. The van der Waals surface area contributed by atoms with E-state index in [0.717, 1.165) is 65.5 Å². The van der Waals surface area contributed by atoms with Crippen LogP contribution in [0.5, 0.6) is 0 Å². The van der Waals surface area contributed by atoms with Gasteiger partial charge in [-0.25, -0.2) is 4.98 Å². The average Bonchev–Trinajstić information content (AvgIpc) is 3.27. The zero-order valence-electron chi connectivity index (χ0n) is 15.1. The predicted molar refractivity (Wildman–Crippen MR) is 101 cm³/mol. The molecule has 0 aliphatic carbocycles. The SMILES string of the molecule is CCOCCCNc1nc(-c2cc(C)n(-c3cc(C)on3)c2C)cs1. The summed E-state index contributed by atoms with van der Waals surface area (Å²) in [5.74, 6) is 1.61. The third-order valence-corrected chi connectivity index (χ3v) is 4.80. The molecule has 0 atom stereocenters. The fraction of sp³-hybridized carbons (Fsp3) is 0.444. The van der Waals surface area contributed by atoms with Crippen molar-refractivity contribution in [1.29, 1.82) is 0 Å². The number of nitrogens with one attached hydrogen (secondary N) is 1. The molecule has 0 unspecified atom stereocenters. The highest BCUT2D eigenvalue weighted by atomic mass is 32.1. The number of anilines is 1. The van der Waals surface area contributed by atoms with Crippen LogP contribution in [0.15, 0.2) is 22.0 Å². The topological polar surface area (TPSA) is 65.1 Å². The van der Waals surface area contributed by atoms with Gasteiger partial charge in [-0.2, -0.15) is 0 Å². The van der Waals surface area contributed by atoms with Crippen LogP contribution in [0, 0.1) is 20.8 Å². The Morgan fingerprint density at radius 3 is 2.84 bits per heavy atom. The van der Waals surface area contributed by atoms with Crippen LogP contribution >= 0.6 is 11.3 Å². The number of nitrogens with zero attached hydrogens (tertiary/aromatic N) is 3. The van der Waals surface area contributed by atoms with Gasteiger partial charge in [-0.15, -0.1) is 11.3 Å². The molecule has 0 aromatic carbocycles. The highest BCUT2D eigenvalue weighted by Gasteiger charge is 2.16. The average molecular weight is 360 g/mol. The normalized spacial score (nSPS) is 11.2. The van der Waals surface area contributed by atoms with Crippen LogP contribution in [0.1, 0.15) is 30.5 Å². The number of rotatable bonds is 8. The van der Waals surface area contributed by atoms with Crippen molar-refractivity contribution in [2.45, 2.75) is 34.1 Å². The first-order valence-electron chi connectivity index (χ1n) is 8.50. The van der Waals surface area contributed by atoms with Crippen LogP contribution in [0.2, 0.25) is 0 Å². The van der Waals surface area contributed by atoms with Crippen molar-refractivity contribution < 1.29 is 9.26 Å². The maximum Gasteiger partial charge on any atom is 0.183 e. The van der Waals surface area contributed by atoms with Crippen molar-refractivity contribution >= 4 is 16.5 Å². The lowest BCUT2D eigenvalue weighted by Crippen LogP contribution is -2.05. The van der Waals surface area contributed by atoms with Crippen molar-refractivity contribution in [1.82, 2.24) is 14.7 Å². The predicted octanol–water partition coefficient (Wildman–Crippen LogP) is 4.35. The molecule has 0 bridgehead atoms. The number of hydrogen-bond donors (Lipinski definition) is 1. The smallest absolute Gasteiger partial charge is 0.183 e. The minimum Gasteiger partial charge on any atom is -0.382 e. The molecule has 0 amide bonds. The molecule has 0 saturated carbocycles. The second kappa shape index (κ2) is 7.84. The summed E-state index contributed by atoms with van der Waals surface area (Å²) in [6.45, 7) is 10.5. The first kappa shape index (κ1) is 17.7. The summed E-state index contributed by atoms with van der Waals surface area (Å²) in [4.78, 5) is 4.72. The van der Waals surface area contributed by atoms with Gasteiger partial charge in [0.15, 0.2) is 10.9 Å². The molecule has 6 nitrogen and oxygen atoms in total. The van der Waals surface area contributed by atoms with E-state index in [1.54, 1.807) is 11.3 Å². The number of aromatic nitrogens is 3. The minimum atomic E-state index is 0.766. The number of aryl methyl sites for hydroxylation is 2. The first-order chi connectivity index (χ1) is 12.1. The summed E-state index contributed by atoms with van der Waals surface area (Å²) in [6, 6.07) is 4.09. The number of ether oxygens (including phenoxy) is 1. The van der Waals surface area contributed by atoms with E-state index in [1.807, 2.05) is 19.9 Å². The molecular formula is C18H24N4O2S. The third-order valence-electron chi connectivity index (χ3n) is 4.00. The molecule has 1 N–H and O–H groups in total. The Morgan fingerprint density at radius 1 is 1.28 bits per heavy atom. The molecule has 3 aromatic heterocycles. The van der Waals surface area contributed by atoms with Gasteiger partial charge in [0.25, 0.3) is 0 Å². The van der Waals surface area contributed by atoms with Crippen LogP contribution in [0.25, 0.3) is 17.1 Å². The maximum absolute atomic E-state index is 5.35. The summed E-state index contributed by atoms with van der Waals surface area (Å²) in [5, 5.41) is 10.5. The molecule has 0 saturated heterocycles. The number of hydrogen-bond acceptors (Lipinski definition) is 6. The van der Waals surface area contributed by atoms with Crippen molar-refractivity contribution in [3.63, 3.8) is 0 Å². The number of thiazole rings is 1. The standard InChI is InChI=1S/C18H24N4O2S/c1-5-23-8-6-7-19-18-20-16(11-25-18)15-9-12(2)22(14(15)4)17-10-13(3)24-21-17/h9-11H,5-8H2,1-4H3,(H,19,20). The quantitative estimate of drug-likeness (QED) is 0.605. The molecule has 0 radical (unpaired) electrons. The Morgan fingerprint density at radius 2 is 2.12 bits per heavy atom. The fourth-order valence-electron chi connectivity index (χ4n) is 2.83. The van der Waals surface area contributed by atoms with E-state index in [1.165, 1.54) is 0 Å². The second-order valence-corrected chi connectivity index (χ2v) is 6.79. The highest BCUT2D eigenvalue weighted by molar-refractivity contribution is 7.14. The van der Waals surface area contributed by atoms with Crippen molar-refractivity contribution in [3.8, 4) is 17.1 Å². The first-order valence-corrected chi connectivity index (χ1v) is 9.38. The Hall–Kier alpha value is -2.12. The van der Waals surface area contributed by atoms with Crippen LogP contribution in [-0.2, 0) is 4.74 Å². The second-order valence-electron chi connectivity index (χ2n) is 5.93. The van der Waals surface area contributed by atoms with E-state index >= 15 is 0 Å². The molecule has 25 heavy (non-hydrogen) atoms. The lowest BCUT2D eigenvalue weighted by Gasteiger charge is -2.04. The third kappa shape index (κ3) is 3.93. The molecule has 7 heteroatoms. The summed E-state index contributed by atoms with van der Waals surface area (Å²) >= 11 is 1.63. The molecule has 3 heterocycles. The summed E-state index contributed by atoms with van der Waals surface area (Å²) in [5.41, 5.74) is 4.33. The van der Waals surface area contributed by atoms with E-state index in [2.05, 4.69) is 40.3 Å². The molecule has 0 fully saturated rings. The van der Waals surface area contributed by atoms with E-state index in [9.17, 15) is 0 Å². The molecule has 0 aliphatic heterocycles. The van der Waals surface area contributed by atoms with E-state index < -0.39 is 0 Å². The lowest BCUT2D eigenvalue weighted by atomic mass is 10.2. The van der Waals surface area contributed by atoms with Crippen molar-refractivity contribution in [2.24, 2.45) is 0 Å². The van der Waals surface area contributed by atoms with E-state index in [4.69, 9.17) is 14.2 Å². The Balaban J connectivity index is 1.75. The Labute approximate surface area is 151 Å². The summed E-state index contributed by atoms with van der Waals surface area (Å²) < 4.78 is 12.7. The van der Waals surface area contributed by atoms with Gasteiger partial charge < -0.3 is 14.6 Å². The molecule has 3 aromatic rings. The Kier molecular flexibility index (Phi) is 5.55. The van der Waals surface area contributed by atoms with Gasteiger partial charge in [-0.3, -0.25) is 4.57 Å². The highest BCUT2D eigenvalue weighted by Crippen LogP contribution is 2.31. The van der Waals surface area contributed by atoms with Gasteiger partial charge in [0.05, 0.1) is 5.69 Å². The van der Waals surface area contributed by atoms with Gasteiger partial charge in [0.2, 0.25) is 0 Å². The van der Waals surface area contributed by atoms with E-state index in [-0.39, 0.29) is 0 Å². The summed E-state index contributed by atoms with van der Waals surface area (Å²) in [7, 11) is 0. The Bertz CT molecular complexity index is 834. The zero-order chi connectivity index (χ0) is 17.8. The minimum absolute atomic E-state index is 0.766. The van der Waals surface area contributed by atoms with Gasteiger partial charge in [-0.1, -0.05) is 5.16 Å². The monoisotopic (exact) mass is 360 g/mol. The zero-order valence-corrected chi connectivity index (χ0v) is 15.9. The van der Waals surface area contributed by atoms with Crippen LogP contribution in [0.3, 0.4) is 0 Å². The molecule has 3 rings (SSSR count). The largest absolute Gasteiger partial charge is 0.382 e. The van der Waals surface area contributed by atoms with E-state index in [0.29, 0.717) is 0 Å². The molecule has 0 spiro atoms.